The molecule has 1 unspecified atom stereocenters. The predicted molar refractivity (Wildman–Crippen MR) is 265 cm³/mol. The number of carbonyl (C=O) groups is 1. The number of nitro benzene ring substituents is 1. The molecule has 1 aromatic heterocycles. The average molecular weight is 1010 g/mol. The van der Waals surface area contributed by atoms with Crippen LogP contribution >= 0.6 is 0 Å². The second-order valence-electron chi connectivity index (χ2n) is 21.9. The van der Waals surface area contributed by atoms with Gasteiger partial charge in [0.05, 0.1) is 52.2 Å². The number of likely N-dealkylation sites (N-methyl/N-ethyl adjacent to an activating group) is 1. The molecule has 3 saturated heterocycles. The molecule has 18 atom stereocenters. The number of aromatic nitrogens is 3. The summed E-state index contributed by atoms with van der Waals surface area (Å²) in [6.45, 7) is 20.3. The molecule has 3 aliphatic rings. The Morgan fingerprint density at radius 3 is 2.28 bits per heavy atom. The number of carbonyl (C=O) groups excluding carboxylic acids is 1. The van der Waals surface area contributed by atoms with Crippen molar-refractivity contribution in [2.24, 2.45) is 29.4 Å². The minimum atomic E-state index is -1.85. The molecule has 0 amide bonds. The lowest BCUT2D eigenvalue weighted by molar-refractivity contribution is -0.384. The van der Waals surface area contributed by atoms with Crippen LogP contribution in [-0.2, 0) is 47.9 Å². The third-order valence-corrected chi connectivity index (χ3v) is 16.0. The first-order valence-electron chi connectivity index (χ1n) is 25.8. The Hall–Kier alpha value is -3.25. The maximum Gasteiger partial charge on any atom is 0.309 e. The highest BCUT2D eigenvalue weighted by atomic mass is 16.7. The van der Waals surface area contributed by atoms with Gasteiger partial charge in [-0.2, -0.15) is 0 Å². The van der Waals surface area contributed by atoms with Gasteiger partial charge in [0.15, 0.2) is 6.29 Å². The molecule has 4 heterocycles. The van der Waals surface area contributed by atoms with E-state index in [1.165, 1.54) is 26.2 Å². The largest absolute Gasteiger partial charge is 0.459 e. The van der Waals surface area contributed by atoms with E-state index in [1.54, 1.807) is 51.4 Å². The fourth-order valence-electron chi connectivity index (χ4n) is 11.7. The van der Waals surface area contributed by atoms with Gasteiger partial charge in [0.2, 0.25) is 0 Å². The first-order valence-corrected chi connectivity index (χ1v) is 25.8. The monoisotopic (exact) mass is 1010 g/mol. The van der Waals surface area contributed by atoms with Crippen molar-refractivity contribution in [3.63, 3.8) is 0 Å². The SMILES string of the molecule is CC[C@H]1OC(=O)[C@H](C)[C@@H](C2C[C@@](C)(OC)[C@@H](O)[C@H](C)O2)[C@H](C)[C@@H](O[C@@H]2O[C@H](C)C[C@H](N(C)CCc3cn(CCc4ccc([N+](=O)[O-])cc4)nn3)[C@H]2O)[C@](C)(O)C[C@@H](C)CN(CCCN)[C@H](C)[C@@H](O)[C@]1(C)O. The Morgan fingerprint density at radius 2 is 1.66 bits per heavy atom. The molecule has 0 radical (unpaired) electrons. The van der Waals surface area contributed by atoms with E-state index in [1.807, 2.05) is 40.9 Å². The Kier molecular flexibility index (Phi) is 20.5. The smallest absolute Gasteiger partial charge is 0.309 e. The van der Waals surface area contributed by atoms with Crippen molar-refractivity contribution < 1.29 is 58.9 Å². The molecular formula is C51H87N7O13. The average Bonchev–Trinajstić information content (AvgIpc) is 3.78. The van der Waals surface area contributed by atoms with Crippen LogP contribution in [0, 0.1) is 33.8 Å². The number of hydrogen-bond acceptors (Lipinski definition) is 18. The molecule has 7 N–H and O–H groups in total. The summed E-state index contributed by atoms with van der Waals surface area (Å²) in [5.41, 5.74) is 3.17. The van der Waals surface area contributed by atoms with Crippen molar-refractivity contribution in [1.82, 2.24) is 24.8 Å². The lowest BCUT2D eigenvalue weighted by Gasteiger charge is -2.51. The summed E-state index contributed by atoms with van der Waals surface area (Å²) in [7, 11) is 3.45. The lowest BCUT2D eigenvalue weighted by Crippen LogP contribution is -2.62. The number of benzene rings is 1. The number of nitrogens with zero attached hydrogens (tertiary/aromatic N) is 6. The van der Waals surface area contributed by atoms with Crippen LogP contribution in [-0.4, -0.2) is 186 Å². The molecule has 20 nitrogen and oxygen atoms in total. The number of non-ortho nitro benzene ring substituents is 1. The van der Waals surface area contributed by atoms with Gasteiger partial charge in [-0.3, -0.25) is 24.5 Å². The highest BCUT2D eigenvalue weighted by molar-refractivity contribution is 5.73. The molecule has 0 bridgehead atoms. The lowest BCUT2D eigenvalue weighted by atomic mass is 9.68. The molecule has 0 saturated carbocycles. The third kappa shape index (κ3) is 14.1. The number of cyclic esters (lactones) is 1. The van der Waals surface area contributed by atoms with Gasteiger partial charge in [0.25, 0.3) is 5.69 Å². The highest BCUT2D eigenvalue weighted by Crippen LogP contribution is 2.45. The van der Waals surface area contributed by atoms with E-state index >= 15 is 0 Å². The topological polar surface area (TPSA) is 271 Å². The molecule has 0 spiro atoms. The van der Waals surface area contributed by atoms with Gasteiger partial charge in [0, 0.05) is 75.9 Å². The molecule has 3 fully saturated rings. The van der Waals surface area contributed by atoms with Crippen LogP contribution in [0.15, 0.2) is 30.5 Å². The van der Waals surface area contributed by atoms with Crippen LogP contribution in [0.2, 0.25) is 0 Å². The minimum absolute atomic E-state index is 0.0380. The van der Waals surface area contributed by atoms with Gasteiger partial charge in [-0.1, -0.05) is 45.0 Å². The van der Waals surface area contributed by atoms with Crippen LogP contribution in [0.3, 0.4) is 0 Å². The summed E-state index contributed by atoms with van der Waals surface area (Å²) >= 11 is 0. The Morgan fingerprint density at radius 1 is 0.986 bits per heavy atom. The third-order valence-electron chi connectivity index (χ3n) is 16.0. The van der Waals surface area contributed by atoms with Crippen molar-refractivity contribution in [1.29, 1.82) is 0 Å². The fraction of sp³-hybridized carbons (Fsp3) is 0.824. The molecule has 5 rings (SSSR count). The Balaban J connectivity index is 1.46. The maximum absolute atomic E-state index is 14.7. The number of aliphatic hydroxyl groups excluding tert-OH is 3. The molecule has 20 heteroatoms. The summed E-state index contributed by atoms with van der Waals surface area (Å²) in [5, 5.41) is 80.4. The van der Waals surface area contributed by atoms with Crippen LogP contribution in [0.5, 0.6) is 0 Å². The van der Waals surface area contributed by atoms with Crippen molar-refractivity contribution in [3.8, 4) is 0 Å². The molecular weight excluding hydrogens is 919 g/mol. The first kappa shape index (κ1) is 58.6. The standard InChI is InChI=1S/C51H87N7O13/c1-13-41-51(10,64)44(60)34(6)56(22-14-21-52)28-30(2)26-49(8,63)46(32(4)42(33(5)47(62)70-41)40-27-50(9,67-12)45(61)35(7)69-40)71-48-43(59)39(25-31(3)68-48)55(11)23-20-37-29-57(54-53-37)24-19-36-15-17-38(18-16-36)58(65)66/h15-18,29-35,39-46,48,59-61,63-64H,13-14,19-28,52H2,1-12H3/t30-,31-,32+,33-,34-,35+,39+,40?,41-,42+,43-,44-,45+,46-,48+,49-,50-,51-/m1/s1. The summed E-state index contributed by atoms with van der Waals surface area (Å²) in [5.74, 6) is -3.27. The number of ether oxygens (including phenoxy) is 5. The zero-order chi connectivity index (χ0) is 52.7. The van der Waals surface area contributed by atoms with Crippen LogP contribution in [0.4, 0.5) is 5.69 Å². The van der Waals surface area contributed by atoms with Crippen molar-refractivity contribution in [3.05, 3.63) is 51.8 Å². The zero-order valence-electron chi connectivity index (χ0n) is 44.3. The zero-order valence-corrected chi connectivity index (χ0v) is 44.3. The molecule has 2 aromatic rings. The quantitative estimate of drug-likeness (QED) is 0.0800. The second-order valence-corrected chi connectivity index (χ2v) is 21.9. The highest BCUT2D eigenvalue weighted by Gasteiger charge is 2.55. The molecule has 404 valence electrons. The van der Waals surface area contributed by atoms with Gasteiger partial charge in [0.1, 0.15) is 30.0 Å². The van der Waals surface area contributed by atoms with Crippen molar-refractivity contribution >= 4 is 11.7 Å². The minimum Gasteiger partial charge on any atom is -0.459 e. The van der Waals surface area contributed by atoms with Crippen molar-refractivity contribution in [2.75, 3.05) is 40.3 Å². The van der Waals surface area contributed by atoms with Gasteiger partial charge in [-0.05, 0) is 111 Å². The Labute approximate surface area is 420 Å². The molecule has 1 aromatic carbocycles. The predicted octanol–water partition coefficient (Wildman–Crippen LogP) is 3.25. The van der Waals surface area contributed by atoms with E-state index in [4.69, 9.17) is 29.4 Å². The van der Waals surface area contributed by atoms with E-state index in [-0.39, 0.29) is 37.0 Å². The van der Waals surface area contributed by atoms with E-state index in [0.29, 0.717) is 58.4 Å². The summed E-state index contributed by atoms with van der Waals surface area (Å²) < 4.78 is 34.0. The van der Waals surface area contributed by atoms with Gasteiger partial charge < -0.3 is 59.9 Å². The number of nitro groups is 1. The van der Waals surface area contributed by atoms with E-state index in [0.717, 1.165) is 11.3 Å². The van der Waals surface area contributed by atoms with E-state index < -0.39 is 107 Å². The first-order chi connectivity index (χ1) is 33.3. The number of aliphatic hydroxyl groups is 5. The Bertz CT molecular complexity index is 1990. The van der Waals surface area contributed by atoms with E-state index in [9.17, 15) is 40.4 Å². The van der Waals surface area contributed by atoms with E-state index in [2.05, 4.69) is 20.1 Å². The number of esters is 1. The summed E-state index contributed by atoms with van der Waals surface area (Å²) in [4.78, 5) is 29.5. The number of nitrogens with two attached hydrogens (primary N) is 1. The van der Waals surface area contributed by atoms with Crippen LogP contribution in [0.25, 0.3) is 0 Å². The van der Waals surface area contributed by atoms with Crippen LogP contribution in [0.1, 0.15) is 113 Å². The maximum atomic E-state index is 14.7. The fourth-order valence-corrected chi connectivity index (χ4v) is 11.7. The van der Waals surface area contributed by atoms with Crippen LogP contribution < -0.4 is 5.73 Å². The number of aryl methyl sites for hydroxylation is 2. The number of hydrogen-bond donors (Lipinski definition) is 6. The molecule has 71 heavy (non-hydrogen) atoms. The molecule has 0 aliphatic carbocycles. The van der Waals surface area contributed by atoms with Gasteiger partial charge in [-0.15, -0.1) is 5.10 Å². The normalized spacial score (nSPS) is 39.4. The van der Waals surface area contributed by atoms with Gasteiger partial charge >= 0.3 is 5.97 Å². The van der Waals surface area contributed by atoms with Crippen molar-refractivity contribution in [2.45, 2.75) is 205 Å². The summed E-state index contributed by atoms with van der Waals surface area (Å²) in [6.07, 6.45) is -4.02. The second kappa shape index (κ2) is 24.9. The molecule has 3 aliphatic heterocycles. The summed E-state index contributed by atoms with van der Waals surface area (Å²) in [6, 6.07) is 5.41. The number of rotatable bonds is 16. The van der Waals surface area contributed by atoms with Gasteiger partial charge in [-0.25, -0.2) is 0 Å². The number of methoxy groups -OCH3 is 1.